The molecule has 3 rings (SSSR count). The highest BCUT2D eigenvalue weighted by Crippen LogP contribution is 2.30. The van der Waals surface area contributed by atoms with Crippen molar-refractivity contribution in [3.8, 4) is 0 Å². The molecule has 8 heteroatoms. The van der Waals surface area contributed by atoms with Gasteiger partial charge in [-0.2, -0.15) is 26.3 Å². The van der Waals surface area contributed by atoms with Gasteiger partial charge in [0, 0.05) is 6.54 Å². The van der Waals surface area contributed by atoms with E-state index in [2.05, 4.69) is 11.5 Å². The molecule has 2 aromatic carbocycles. The Labute approximate surface area is 178 Å². The number of alkyl halides is 6. The van der Waals surface area contributed by atoms with Gasteiger partial charge in [0.15, 0.2) is 0 Å². The van der Waals surface area contributed by atoms with Crippen LogP contribution < -0.4 is 0 Å². The Kier molecular flexibility index (Phi) is 10.6. The van der Waals surface area contributed by atoms with Crippen molar-refractivity contribution in [1.82, 2.24) is 4.90 Å². The summed E-state index contributed by atoms with van der Waals surface area (Å²) in [6.45, 7) is 7.26. The fourth-order valence-corrected chi connectivity index (χ4v) is 2.85. The summed E-state index contributed by atoms with van der Waals surface area (Å²) in [7, 11) is 0. The van der Waals surface area contributed by atoms with Gasteiger partial charge in [0.05, 0.1) is 16.9 Å². The molecule has 0 unspecified atom stereocenters. The third kappa shape index (κ3) is 11.5. The van der Waals surface area contributed by atoms with Gasteiger partial charge in [0.25, 0.3) is 0 Å². The summed E-state index contributed by atoms with van der Waals surface area (Å²) in [5.74, 6) is 0.167. The molecule has 31 heavy (non-hydrogen) atoms. The normalized spacial score (nSPS) is 14.5. The van der Waals surface area contributed by atoms with E-state index in [1.54, 1.807) is 12.1 Å². The Morgan fingerprint density at radius 3 is 1.77 bits per heavy atom. The van der Waals surface area contributed by atoms with Gasteiger partial charge in [-0.15, -0.1) is 0 Å². The predicted octanol–water partition coefficient (Wildman–Crippen LogP) is 7.47. The maximum Gasteiger partial charge on any atom is 0.416 e. The molecular weight excluding hydrogens is 420 g/mol. The minimum absolute atomic E-state index is 0.167. The second-order valence-electron chi connectivity index (χ2n) is 7.13. The maximum absolute atomic E-state index is 12.5. The number of aliphatic hydroxyl groups is 1. The average Bonchev–Trinajstić information content (AvgIpc) is 2.68. The summed E-state index contributed by atoms with van der Waals surface area (Å²) in [5, 5.41) is 7.86. The maximum atomic E-state index is 12.5. The van der Waals surface area contributed by atoms with E-state index in [1.165, 1.54) is 37.6 Å². The molecule has 0 bridgehead atoms. The summed E-state index contributed by atoms with van der Waals surface area (Å²) >= 11 is 0. The average molecular weight is 447 g/mol. The first-order valence-electron chi connectivity index (χ1n) is 9.75. The summed E-state index contributed by atoms with van der Waals surface area (Å²) in [4.78, 5) is 2.22. The van der Waals surface area contributed by atoms with Gasteiger partial charge in [-0.05, 0) is 44.5 Å². The van der Waals surface area contributed by atoms with Gasteiger partial charge in [-0.25, -0.2) is 0 Å². The van der Waals surface area contributed by atoms with E-state index < -0.39 is 23.5 Å². The molecule has 2 aromatic rings. The second kappa shape index (κ2) is 12.4. The number of piperidine rings is 1. The van der Waals surface area contributed by atoms with Crippen LogP contribution in [0.25, 0.3) is 0 Å². The van der Waals surface area contributed by atoms with E-state index in [-0.39, 0.29) is 5.76 Å². The molecule has 0 aromatic heterocycles. The summed E-state index contributed by atoms with van der Waals surface area (Å²) in [6, 6.07) is 12.0. The van der Waals surface area contributed by atoms with Crippen LogP contribution in [0.5, 0.6) is 0 Å². The number of hydrogen-bond acceptors (Lipinski definition) is 2. The molecule has 0 spiro atoms. The van der Waals surface area contributed by atoms with Gasteiger partial charge < -0.3 is 5.11 Å². The Bertz CT molecular complexity index is 777. The molecule has 0 aliphatic carbocycles. The Balaban J connectivity index is 0.000000290. The van der Waals surface area contributed by atoms with Crippen molar-refractivity contribution >= 4 is 0 Å². The number of aliphatic hydroxyl groups excluding tert-OH is 1. The van der Waals surface area contributed by atoms with E-state index >= 15 is 0 Å². The van der Waals surface area contributed by atoms with E-state index in [9.17, 15) is 26.3 Å². The standard InChI is InChI=1S/C13H16F3N.C7H5F3.C3H6O/c14-13(15,16)12-6-4-5-11(9-12)10-17-7-2-1-3-8-17;8-7(9,10)6-4-2-1-3-5-6;1-3(2)4/h4-6,9H,1-3,7-8,10H2;1-5H;4H,1H2,2H3. The van der Waals surface area contributed by atoms with Crippen LogP contribution in [0.2, 0.25) is 0 Å². The Morgan fingerprint density at radius 1 is 0.839 bits per heavy atom. The first-order valence-corrected chi connectivity index (χ1v) is 9.75. The number of halogens is 6. The lowest BCUT2D eigenvalue weighted by Gasteiger charge is -2.26. The minimum Gasteiger partial charge on any atom is -0.513 e. The number of benzene rings is 2. The van der Waals surface area contributed by atoms with Gasteiger partial charge in [-0.1, -0.05) is 61.5 Å². The molecule has 1 aliphatic heterocycles. The fraction of sp³-hybridized carbons (Fsp3) is 0.391. The Morgan fingerprint density at radius 2 is 1.32 bits per heavy atom. The van der Waals surface area contributed by atoms with Crippen LogP contribution in [0, 0.1) is 0 Å². The van der Waals surface area contributed by atoms with Crippen LogP contribution in [-0.2, 0) is 18.9 Å². The number of rotatable bonds is 2. The quantitative estimate of drug-likeness (QED) is 0.381. The largest absolute Gasteiger partial charge is 0.513 e. The van der Waals surface area contributed by atoms with Crippen LogP contribution in [0.15, 0.2) is 66.9 Å². The van der Waals surface area contributed by atoms with Gasteiger partial charge in [0.2, 0.25) is 0 Å². The highest BCUT2D eigenvalue weighted by molar-refractivity contribution is 5.25. The lowest BCUT2D eigenvalue weighted by Crippen LogP contribution is -2.29. The minimum atomic E-state index is -4.24. The third-order valence-corrected chi connectivity index (χ3v) is 4.21. The number of allylic oxidation sites excluding steroid dienone is 1. The van der Waals surface area contributed by atoms with E-state index in [0.29, 0.717) is 6.54 Å². The molecule has 172 valence electrons. The third-order valence-electron chi connectivity index (χ3n) is 4.21. The van der Waals surface area contributed by atoms with Crippen molar-refractivity contribution in [2.45, 2.75) is 45.1 Å². The lowest BCUT2D eigenvalue weighted by molar-refractivity contribution is -0.138. The van der Waals surface area contributed by atoms with Crippen molar-refractivity contribution in [1.29, 1.82) is 0 Å². The summed E-state index contributed by atoms with van der Waals surface area (Å²) < 4.78 is 73.0. The van der Waals surface area contributed by atoms with Crippen LogP contribution in [-0.4, -0.2) is 23.1 Å². The molecule has 1 aliphatic rings. The lowest BCUT2D eigenvalue weighted by atomic mass is 10.1. The van der Waals surface area contributed by atoms with Crippen molar-refractivity contribution in [2.75, 3.05) is 13.1 Å². The topological polar surface area (TPSA) is 23.5 Å². The van der Waals surface area contributed by atoms with Crippen molar-refractivity contribution in [2.24, 2.45) is 0 Å². The summed E-state index contributed by atoms with van der Waals surface area (Å²) in [5.41, 5.74) is -0.399. The molecular formula is C23H27F6NO. The molecule has 1 saturated heterocycles. The van der Waals surface area contributed by atoms with Crippen molar-refractivity contribution in [3.63, 3.8) is 0 Å². The number of nitrogens with zero attached hydrogens (tertiary/aromatic N) is 1. The number of hydrogen-bond donors (Lipinski definition) is 1. The van der Waals surface area contributed by atoms with Gasteiger partial charge in [0.1, 0.15) is 0 Å². The van der Waals surface area contributed by atoms with Gasteiger partial charge >= 0.3 is 12.4 Å². The second-order valence-corrected chi connectivity index (χ2v) is 7.13. The molecule has 1 heterocycles. The molecule has 0 amide bonds. The van der Waals surface area contributed by atoms with Crippen LogP contribution >= 0.6 is 0 Å². The van der Waals surface area contributed by atoms with Crippen molar-refractivity contribution < 1.29 is 31.4 Å². The molecule has 0 radical (unpaired) electrons. The first kappa shape index (κ1) is 26.6. The first-order chi connectivity index (χ1) is 14.4. The highest BCUT2D eigenvalue weighted by Gasteiger charge is 2.30. The predicted molar refractivity (Wildman–Crippen MR) is 109 cm³/mol. The highest BCUT2D eigenvalue weighted by atomic mass is 19.4. The summed E-state index contributed by atoms with van der Waals surface area (Å²) in [6.07, 6.45) is -4.91. The molecule has 0 saturated carbocycles. The smallest absolute Gasteiger partial charge is 0.416 e. The molecule has 1 N–H and O–H groups in total. The van der Waals surface area contributed by atoms with Crippen LogP contribution in [0.3, 0.4) is 0 Å². The monoisotopic (exact) mass is 447 g/mol. The zero-order valence-corrected chi connectivity index (χ0v) is 17.3. The Hall–Kier alpha value is -2.48. The van der Waals surface area contributed by atoms with Crippen LogP contribution in [0.1, 0.15) is 42.9 Å². The SMILES string of the molecule is C=C(C)O.FC(F)(F)c1cccc(CN2CCCCC2)c1.FC(F)(F)c1ccccc1. The van der Waals surface area contributed by atoms with Crippen LogP contribution in [0.4, 0.5) is 26.3 Å². The van der Waals surface area contributed by atoms with E-state index in [0.717, 1.165) is 49.7 Å². The van der Waals surface area contributed by atoms with E-state index in [4.69, 9.17) is 5.11 Å². The molecule has 0 atom stereocenters. The zero-order valence-electron chi connectivity index (χ0n) is 17.3. The van der Waals surface area contributed by atoms with Gasteiger partial charge in [-0.3, -0.25) is 4.90 Å². The molecule has 1 fully saturated rings. The fourth-order valence-electron chi connectivity index (χ4n) is 2.85. The zero-order chi connectivity index (χ0) is 23.5. The van der Waals surface area contributed by atoms with Crippen molar-refractivity contribution in [3.05, 3.63) is 83.6 Å². The molecule has 2 nitrogen and oxygen atoms in total. The van der Waals surface area contributed by atoms with E-state index in [1.807, 2.05) is 0 Å². The number of likely N-dealkylation sites (tertiary alicyclic amines) is 1.